The van der Waals surface area contributed by atoms with Crippen LogP contribution >= 0.6 is 38.5 Å². The van der Waals surface area contributed by atoms with Crippen LogP contribution in [0.1, 0.15) is 66.6 Å². The summed E-state index contributed by atoms with van der Waals surface area (Å²) < 4.78 is 1.80. The van der Waals surface area contributed by atoms with Gasteiger partial charge in [0.15, 0.2) is 5.78 Å². The number of rotatable bonds is 4. The zero-order valence-electron chi connectivity index (χ0n) is 13.7. The van der Waals surface area contributed by atoms with Crippen LogP contribution in [0.25, 0.3) is 0 Å². The average Bonchev–Trinajstić information content (AvgIpc) is 2.48. The van der Waals surface area contributed by atoms with Crippen LogP contribution in [0.4, 0.5) is 0 Å². The highest BCUT2D eigenvalue weighted by Crippen LogP contribution is 2.35. The first kappa shape index (κ1) is 18.5. The lowest BCUT2D eigenvalue weighted by Gasteiger charge is -2.17. The third kappa shape index (κ3) is 3.97. The van der Waals surface area contributed by atoms with Crippen LogP contribution in [0.3, 0.4) is 0 Å². The number of phenols is 1. The van der Waals surface area contributed by atoms with E-state index in [9.17, 15) is 9.90 Å². The van der Waals surface area contributed by atoms with E-state index >= 15 is 0 Å². The van der Waals surface area contributed by atoms with Gasteiger partial charge in [-0.15, -0.1) is 0 Å². The summed E-state index contributed by atoms with van der Waals surface area (Å²) in [5, 5.41) is 10.5. The summed E-state index contributed by atoms with van der Waals surface area (Å²) in [6.45, 7) is 8.10. The number of carbonyl (C=O) groups excluding carboxylic acids is 1. The Kier molecular flexibility index (Phi) is 5.89. The molecule has 0 saturated heterocycles. The van der Waals surface area contributed by atoms with Crippen molar-refractivity contribution in [3.63, 3.8) is 0 Å². The third-order valence-corrected chi connectivity index (χ3v) is 5.28. The molecular formula is C19H20BrIO2. The summed E-state index contributed by atoms with van der Waals surface area (Å²) in [4.78, 5) is 13.0. The van der Waals surface area contributed by atoms with Crippen LogP contribution in [0, 0.1) is 3.57 Å². The average molecular weight is 487 g/mol. The molecule has 0 atom stereocenters. The highest BCUT2D eigenvalue weighted by molar-refractivity contribution is 14.1. The van der Waals surface area contributed by atoms with Crippen molar-refractivity contribution in [1.29, 1.82) is 0 Å². The summed E-state index contributed by atoms with van der Waals surface area (Å²) in [5.41, 5.74) is 2.95. The van der Waals surface area contributed by atoms with Gasteiger partial charge in [0.1, 0.15) is 5.75 Å². The van der Waals surface area contributed by atoms with Crippen molar-refractivity contribution in [2.24, 2.45) is 0 Å². The number of hydrogen-bond acceptors (Lipinski definition) is 2. The summed E-state index contributed by atoms with van der Waals surface area (Å²) in [7, 11) is 0. The third-order valence-electron chi connectivity index (χ3n) is 3.85. The first-order valence-corrected chi connectivity index (χ1v) is 9.46. The first-order valence-electron chi connectivity index (χ1n) is 7.59. The van der Waals surface area contributed by atoms with Gasteiger partial charge in [-0.25, -0.2) is 0 Å². The lowest BCUT2D eigenvalue weighted by Crippen LogP contribution is -2.07. The van der Waals surface area contributed by atoms with E-state index in [1.165, 1.54) is 0 Å². The van der Waals surface area contributed by atoms with E-state index in [0.717, 1.165) is 19.2 Å². The summed E-state index contributed by atoms with van der Waals surface area (Å²) in [6, 6.07) is 9.34. The van der Waals surface area contributed by atoms with E-state index in [4.69, 9.17) is 0 Å². The molecule has 0 aromatic heterocycles. The van der Waals surface area contributed by atoms with Crippen LogP contribution in [0.15, 0.2) is 34.8 Å². The van der Waals surface area contributed by atoms with E-state index < -0.39 is 0 Å². The fraction of sp³-hybridized carbons (Fsp3) is 0.316. The molecule has 0 heterocycles. The van der Waals surface area contributed by atoms with Crippen molar-refractivity contribution in [3.05, 3.63) is 60.6 Å². The highest BCUT2D eigenvalue weighted by Gasteiger charge is 2.20. The predicted octanol–water partition coefficient (Wildman–Crippen LogP) is 6.24. The molecule has 4 heteroatoms. The van der Waals surface area contributed by atoms with Crippen LogP contribution in [-0.4, -0.2) is 10.9 Å². The largest absolute Gasteiger partial charge is 0.507 e. The zero-order valence-corrected chi connectivity index (χ0v) is 17.4. The molecule has 2 rings (SSSR count). The lowest BCUT2D eigenvalue weighted by molar-refractivity contribution is 0.103. The minimum atomic E-state index is -0.0144. The van der Waals surface area contributed by atoms with Gasteiger partial charge in [0.25, 0.3) is 0 Å². The lowest BCUT2D eigenvalue weighted by atomic mass is 9.89. The van der Waals surface area contributed by atoms with Gasteiger partial charge in [-0.3, -0.25) is 4.79 Å². The van der Waals surface area contributed by atoms with E-state index in [1.54, 1.807) is 0 Å². The summed E-state index contributed by atoms with van der Waals surface area (Å²) in [6.07, 6.45) is 0. The molecule has 0 bridgehead atoms. The monoisotopic (exact) mass is 486 g/mol. The number of phenolic OH excluding ortho intramolecular Hbond substituents is 1. The molecule has 1 N–H and O–H groups in total. The number of halogens is 2. The van der Waals surface area contributed by atoms with Gasteiger partial charge in [-0.1, -0.05) is 43.6 Å². The topological polar surface area (TPSA) is 37.3 Å². The van der Waals surface area contributed by atoms with Crippen LogP contribution in [0.5, 0.6) is 5.75 Å². The van der Waals surface area contributed by atoms with E-state index in [0.29, 0.717) is 16.9 Å². The maximum atomic E-state index is 13.0. The van der Waals surface area contributed by atoms with E-state index in [-0.39, 0.29) is 17.6 Å². The van der Waals surface area contributed by atoms with Crippen LogP contribution in [0.2, 0.25) is 0 Å². The molecule has 0 radical (unpaired) electrons. The van der Waals surface area contributed by atoms with Gasteiger partial charge in [-0.05, 0) is 75.9 Å². The molecule has 0 aliphatic rings. The van der Waals surface area contributed by atoms with Crippen molar-refractivity contribution >= 4 is 44.3 Å². The molecule has 23 heavy (non-hydrogen) atoms. The molecule has 0 spiro atoms. The Labute approximate surface area is 159 Å². The summed E-state index contributed by atoms with van der Waals surface area (Å²) >= 11 is 5.61. The second-order valence-electron chi connectivity index (χ2n) is 6.27. The van der Waals surface area contributed by atoms with Gasteiger partial charge in [0.2, 0.25) is 0 Å². The highest BCUT2D eigenvalue weighted by atomic mass is 127. The number of ketones is 1. The smallest absolute Gasteiger partial charge is 0.194 e. The molecule has 2 nitrogen and oxygen atoms in total. The second kappa shape index (κ2) is 7.34. The zero-order chi connectivity index (χ0) is 17.3. The summed E-state index contributed by atoms with van der Waals surface area (Å²) in [5.74, 6) is 0.610. The maximum Gasteiger partial charge on any atom is 0.194 e. The van der Waals surface area contributed by atoms with Gasteiger partial charge < -0.3 is 5.11 Å². The standard InChI is InChI=1S/C19H20BrIO2/c1-10(2)14-7-12(8-15(11(3)4)19(14)23)18(22)16-9-13(20)5-6-17(16)21/h5-11,23H,1-4H3. The van der Waals surface area contributed by atoms with Gasteiger partial charge >= 0.3 is 0 Å². The van der Waals surface area contributed by atoms with Crippen molar-refractivity contribution in [1.82, 2.24) is 0 Å². The molecule has 0 aliphatic carbocycles. The fourth-order valence-corrected chi connectivity index (χ4v) is 3.46. The van der Waals surface area contributed by atoms with Crippen molar-refractivity contribution in [2.75, 3.05) is 0 Å². The Bertz CT molecular complexity index is 722. The van der Waals surface area contributed by atoms with Crippen molar-refractivity contribution in [2.45, 2.75) is 39.5 Å². The fourth-order valence-electron chi connectivity index (χ4n) is 2.52. The number of carbonyl (C=O) groups is 1. The Morgan fingerprint density at radius 2 is 1.57 bits per heavy atom. The minimum absolute atomic E-state index is 0.0144. The van der Waals surface area contributed by atoms with Crippen molar-refractivity contribution in [3.8, 4) is 5.75 Å². The molecule has 0 amide bonds. The number of benzene rings is 2. The maximum absolute atomic E-state index is 13.0. The quantitative estimate of drug-likeness (QED) is 0.410. The molecule has 0 aliphatic heterocycles. The molecule has 0 unspecified atom stereocenters. The number of aromatic hydroxyl groups is 1. The number of hydrogen-bond donors (Lipinski definition) is 1. The Morgan fingerprint density at radius 3 is 2.04 bits per heavy atom. The molecule has 122 valence electrons. The molecular weight excluding hydrogens is 467 g/mol. The van der Waals surface area contributed by atoms with Crippen LogP contribution in [-0.2, 0) is 0 Å². The van der Waals surface area contributed by atoms with E-state index in [1.807, 2.05) is 58.0 Å². The van der Waals surface area contributed by atoms with Crippen LogP contribution < -0.4 is 0 Å². The minimum Gasteiger partial charge on any atom is -0.507 e. The SMILES string of the molecule is CC(C)c1cc(C(=O)c2cc(Br)ccc2I)cc(C(C)C)c1O. The van der Waals surface area contributed by atoms with Crippen molar-refractivity contribution < 1.29 is 9.90 Å². The van der Waals surface area contributed by atoms with Gasteiger partial charge in [-0.2, -0.15) is 0 Å². The molecule has 0 fully saturated rings. The van der Waals surface area contributed by atoms with Gasteiger partial charge in [0.05, 0.1) is 0 Å². The molecule has 2 aromatic rings. The Morgan fingerprint density at radius 1 is 1.04 bits per heavy atom. The second-order valence-corrected chi connectivity index (χ2v) is 8.34. The van der Waals surface area contributed by atoms with Gasteiger partial charge in [0, 0.05) is 19.2 Å². The predicted molar refractivity (Wildman–Crippen MR) is 107 cm³/mol. The normalized spacial score (nSPS) is 11.3. The molecule has 2 aromatic carbocycles. The first-order chi connectivity index (χ1) is 10.7. The Balaban J connectivity index is 2.63. The van der Waals surface area contributed by atoms with E-state index in [2.05, 4.69) is 38.5 Å². The Hall–Kier alpha value is -0.880. The molecule has 0 saturated carbocycles.